The Bertz CT molecular complexity index is 1390. The summed E-state index contributed by atoms with van der Waals surface area (Å²) < 4.78 is 1.53. The monoisotopic (exact) mass is 555 g/mol. The van der Waals surface area contributed by atoms with Crippen molar-refractivity contribution in [3.05, 3.63) is 85.1 Å². The summed E-state index contributed by atoms with van der Waals surface area (Å²) in [4.78, 5) is 0. The molecule has 0 heterocycles. The van der Waals surface area contributed by atoms with Crippen molar-refractivity contribution in [2.24, 2.45) is 0 Å². The van der Waals surface area contributed by atoms with E-state index in [2.05, 4.69) is 98.7 Å². The largest absolute Gasteiger partial charge is 1.00 e. The molecule has 0 atom stereocenters. The van der Waals surface area contributed by atoms with E-state index in [0.29, 0.717) is 0 Å². The molecule has 0 radical (unpaired) electrons. The molecule has 0 nitrogen and oxygen atoms in total. The first-order chi connectivity index (χ1) is 14.3. The SMILES string of the molecule is CC(C)=c1c(C)c(C(C)(C)C)c(C2=CC=CC2)c2c1=c1ccc(C(C)(C)C)cc1=[C]2[Zr+2].[Cl-].[Cl-]. The minimum Gasteiger partial charge on any atom is -1.00 e. The summed E-state index contributed by atoms with van der Waals surface area (Å²) in [7, 11) is 0. The Morgan fingerprint density at radius 3 is 2.00 bits per heavy atom. The minimum atomic E-state index is 0. The molecule has 0 unspecified atom stereocenters. The zero-order valence-corrected chi connectivity index (χ0v) is 25.4. The number of hydrogen-bond acceptors (Lipinski definition) is 0. The number of benzene rings is 2. The third-order valence-electron chi connectivity index (χ3n) is 6.77. The first kappa shape index (κ1) is 28.4. The normalized spacial score (nSPS) is 14.4. The van der Waals surface area contributed by atoms with Gasteiger partial charge in [0, 0.05) is 0 Å². The van der Waals surface area contributed by atoms with Gasteiger partial charge in [-0.2, -0.15) is 0 Å². The molecule has 0 fully saturated rings. The van der Waals surface area contributed by atoms with E-state index < -0.39 is 0 Å². The topological polar surface area (TPSA) is 0 Å². The molecule has 2 aromatic rings. The first-order valence-electron chi connectivity index (χ1n) is 11.5. The molecule has 0 spiro atoms. The van der Waals surface area contributed by atoms with Crippen LogP contribution < -0.4 is 35.3 Å². The molecule has 3 heteroatoms. The maximum atomic E-state index is 2.48. The van der Waals surface area contributed by atoms with Gasteiger partial charge in [-0.15, -0.1) is 0 Å². The van der Waals surface area contributed by atoms with Crippen molar-refractivity contribution in [2.45, 2.75) is 79.6 Å². The summed E-state index contributed by atoms with van der Waals surface area (Å²) in [5, 5.41) is 5.84. The van der Waals surface area contributed by atoms with Gasteiger partial charge in [-0.3, -0.25) is 0 Å². The molecule has 33 heavy (non-hydrogen) atoms. The van der Waals surface area contributed by atoms with Crippen molar-refractivity contribution in [1.29, 1.82) is 0 Å². The van der Waals surface area contributed by atoms with Crippen LogP contribution in [0.15, 0.2) is 36.4 Å². The van der Waals surface area contributed by atoms with Crippen LogP contribution in [0.3, 0.4) is 0 Å². The molecule has 0 bridgehead atoms. The summed E-state index contributed by atoms with van der Waals surface area (Å²) in [5.74, 6) is 0. The zero-order valence-electron chi connectivity index (χ0n) is 21.4. The average Bonchev–Trinajstić information content (AvgIpc) is 3.26. The van der Waals surface area contributed by atoms with Crippen LogP contribution in [-0.4, -0.2) is 0 Å². The van der Waals surface area contributed by atoms with E-state index in [1.165, 1.54) is 87.8 Å². The molecule has 0 saturated carbocycles. The molecule has 4 rings (SSSR count). The second kappa shape index (κ2) is 9.64. The molecule has 0 aromatic heterocycles. The molecule has 2 aromatic carbocycles. The van der Waals surface area contributed by atoms with Crippen molar-refractivity contribution < 1.29 is 49.5 Å². The smallest absolute Gasteiger partial charge is 1.00 e. The van der Waals surface area contributed by atoms with Crippen molar-refractivity contribution in [1.82, 2.24) is 0 Å². The van der Waals surface area contributed by atoms with Crippen LogP contribution in [0.25, 0.3) is 14.4 Å². The standard InChI is InChI=1S/C30H35.2ClH.Zr/c1-18(2)25-19(3)28(30(7,8)9)26(20-12-10-11-13-20)24-17-21-16-22(29(4,5)6)14-15-23(21)27(24)25;;;/h10-12,14-16H,13H2,1-9H3;2*1H;/q;;;+2/p-2. The Balaban J connectivity index is 0.00000193. The molecular weight excluding hydrogens is 522 g/mol. The Hall–Kier alpha value is -0.877. The predicted molar refractivity (Wildman–Crippen MR) is 131 cm³/mol. The molecule has 2 aliphatic rings. The van der Waals surface area contributed by atoms with Gasteiger partial charge in [0.15, 0.2) is 0 Å². The fourth-order valence-electron chi connectivity index (χ4n) is 5.48. The van der Waals surface area contributed by atoms with E-state index in [1.807, 2.05) is 0 Å². The molecule has 173 valence electrons. The van der Waals surface area contributed by atoms with Crippen LogP contribution in [-0.2, 0) is 35.5 Å². The molecule has 0 saturated heterocycles. The minimum absolute atomic E-state index is 0. The third-order valence-corrected chi connectivity index (χ3v) is 8.04. The van der Waals surface area contributed by atoms with Gasteiger partial charge in [-0.05, 0) is 0 Å². The molecule has 2 aliphatic carbocycles. The van der Waals surface area contributed by atoms with Gasteiger partial charge in [0.1, 0.15) is 0 Å². The fraction of sp³-hybridized carbons (Fsp3) is 0.400. The first-order valence-corrected chi connectivity index (χ1v) is 12.7. The summed E-state index contributed by atoms with van der Waals surface area (Å²) in [6.07, 6.45) is 7.92. The van der Waals surface area contributed by atoms with Crippen molar-refractivity contribution >= 4 is 14.4 Å². The number of halogens is 2. The van der Waals surface area contributed by atoms with Crippen molar-refractivity contribution in [2.75, 3.05) is 0 Å². The Morgan fingerprint density at radius 2 is 1.52 bits per heavy atom. The summed E-state index contributed by atoms with van der Waals surface area (Å²) in [5.41, 5.74) is 10.6. The van der Waals surface area contributed by atoms with Gasteiger partial charge in [0.05, 0.1) is 0 Å². The van der Waals surface area contributed by atoms with Crippen LogP contribution in [0, 0.1) is 17.4 Å². The van der Waals surface area contributed by atoms with Crippen LogP contribution in [0.4, 0.5) is 0 Å². The maximum absolute atomic E-state index is 2.48. The molecule has 0 aliphatic heterocycles. The second-order valence-electron chi connectivity index (χ2n) is 11.5. The van der Waals surface area contributed by atoms with E-state index in [1.54, 1.807) is 0 Å². The molecule has 0 N–H and O–H groups in total. The molecular formula is C30H35Cl2Zr. The number of hydrogen-bond donors (Lipinski definition) is 0. The molecule has 0 amide bonds. The predicted octanol–water partition coefficient (Wildman–Crippen LogP) is 0.436. The van der Waals surface area contributed by atoms with Crippen LogP contribution in [0.5, 0.6) is 0 Å². The van der Waals surface area contributed by atoms with Gasteiger partial charge in [0.2, 0.25) is 0 Å². The van der Waals surface area contributed by atoms with Gasteiger partial charge < -0.3 is 24.8 Å². The van der Waals surface area contributed by atoms with Crippen LogP contribution in [0.1, 0.15) is 89.6 Å². The summed E-state index contributed by atoms with van der Waals surface area (Å²) in [6, 6.07) is 7.24. The Labute approximate surface area is 227 Å². The number of fused-ring (bicyclic) bond motifs is 2. The third kappa shape index (κ3) is 4.68. The van der Waals surface area contributed by atoms with Crippen molar-refractivity contribution in [3.63, 3.8) is 0 Å². The van der Waals surface area contributed by atoms with Gasteiger partial charge >= 0.3 is 204 Å². The quantitative estimate of drug-likeness (QED) is 0.478. The van der Waals surface area contributed by atoms with E-state index >= 15 is 0 Å². The summed E-state index contributed by atoms with van der Waals surface area (Å²) in [6.45, 7) is 21.0. The zero-order chi connectivity index (χ0) is 22.9. The van der Waals surface area contributed by atoms with E-state index in [9.17, 15) is 0 Å². The fourth-order valence-corrected chi connectivity index (χ4v) is 6.60. The van der Waals surface area contributed by atoms with Crippen molar-refractivity contribution in [3.8, 4) is 0 Å². The summed E-state index contributed by atoms with van der Waals surface area (Å²) >= 11 is 1.50. The van der Waals surface area contributed by atoms with E-state index in [-0.39, 0.29) is 35.6 Å². The Kier molecular flexibility index (Phi) is 8.29. The number of allylic oxidation sites excluding steroid dienone is 4. The van der Waals surface area contributed by atoms with Gasteiger partial charge in [-0.1, -0.05) is 0 Å². The number of rotatable bonds is 1. The van der Waals surface area contributed by atoms with E-state index in [4.69, 9.17) is 0 Å². The van der Waals surface area contributed by atoms with Crippen LogP contribution >= 0.6 is 0 Å². The Morgan fingerprint density at radius 1 is 0.879 bits per heavy atom. The van der Waals surface area contributed by atoms with Gasteiger partial charge in [0.25, 0.3) is 0 Å². The van der Waals surface area contributed by atoms with E-state index in [0.717, 1.165) is 6.42 Å². The maximum Gasteiger partial charge on any atom is -1.00 e. The van der Waals surface area contributed by atoms with Gasteiger partial charge in [-0.25, -0.2) is 0 Å². The second-order valence-corrected chi connectivity index (χ2v) is 12.7. The van der Waals surface area contributed by atoms with Crippen LogP contribution in [0.2, 0.25) is 0 Å². The average molecular weight is 558 g/mol.